The molecule has 0 spiro atoms. The van der Waals surface area contributed by atoms with Crippen LogP contribution in [0.4, 0.5) is 0 Å². The summed E-state index contributed by atoms with van der Waals surface area (Å²) in [7, 11) is 0. The smallest absolute Gasteiger partial charge is 0.306 e. The summed E-state index contributed by atoms with van der Waals surface area (Å²) in [6.07, 6.45) is -1.47. The van der Waals surface area contributed by atoms with Crippen molar-refractivity contribution in [2.45, 2.75) is 25.1 Å². The molecule has 8 nitrogen and oxygen atoms in total. The molecule has 3 unspecified atom stereocenters. The number of aliphatic hydroxyl groups is 2. The molecular formula is C5H10N2O6. The molecule has 0 saturated carbocycles. The van der Waals surface area contributed by atoms with E-state index >= 15 is 0 Å². The Morgan fingerprint density at radius 3 is 1.85 bits per heavy atom. The summed E-state index contributed by atoms with van der Waals surface area (Å²) in [4.78, 5) is 18.6. The number of nitrogens with zero attached hydrogens (tertiary/aromatic N) is 2. The predicted molar refractivity (Wildman–Crippen MR) is 40.3 cm³/mol. The molecule has 0 aliphatic carbocycles. The van der Waals surface area contributed by atoms with Crippen molar-refractivity contribution < 1.29 is 20.1 Å². The van der Waals surface area contributed by atoms with Crippen molar-refractivity contribution in [3.63, 3.8) is 0 Å². The first-order valence-electron chi connectivity index (χ1n) is 3.47. The van der Waals surface area contributed by atoms with E-state index in [4.69, 9.17) is 10.2 Å². The van der Waals surface area contributed by atoms with Crippen molar-refractivity contribution in [3.05, 3.63) is 20.2 Å². The second-order valence-electron chi connectivity index (χ2n) is 2.55. The normalized spacial score (nSPS) is 17.5. The van der Waals surface area contributed by atoms with Crippen LogP contribution < -0.4 is 0 Å². The maximum absolute atomic E-state index is 10.3. The van der Waals surface area contributed by atoms with E-state index in [1.54, 1.807) is 0 Å². The third kappa shape index (κ3) is 2.92. The van der Waals surface area contributed by atoms with Gasteiger partial charge in [-0.05, 0) is 6.92 Å². The van der Waals surface area contributed by atoms with Gasteiger partial charge in [-0.25, -0.2) is 0 Å². The molecule has 0 aliphatic heterocycles. The van der Waals surface area contributed by atoms with E-state index in [2.05, 4.69) is 0 Å². The lowest BCUT2D eigenvalue weighted by atomic mass is 10.1. The summed E-state index contributed by atoms with van der Waals surface area (Å²) in [5, 5.41) is 37.9. The molecule has 0 fully saturated rings. The largest absolute Gasteiger partial charge is 0.389 e. The molecule has 3 atom stereocenters. The van der Waals surface area contributed by atoms with Crippen molar-refractivity contribution in [1.82, 2.24) is 0 Å². The van der Waals surface area contributed by atoms with Gasteiger partial charge in [0.25, 0.3) is 0 Å². The molecule has 0 radical (unpaired) electrons. The zero-order valence-electron chi connectivity index (χ0n) is 6.86. The molecule has 0 bridgehead atoms. The van der Waals surface area contributed by atoms with Crippen LogP contribution in [-0.4, -0.2) is 44.9 Å². The van der Waals surface area contributed by atoms with Gasteiger partial charge in [0.2, 0.25) is 0 Å². The molecule has 0 heterocycles. The molecule has 8 heteroatoms. The predicted octanol–water partition coefficient (Wildman–Crippen LogP) is -1.35. The number of rotatable bonds is 5. The second kappa shape index (κ2) is 4.67. The summed E-state index contributed by atoms with van der Waals surface area (Å²) < 4.78 is 0. The maximum Gasteiger partial charge on any atom is 0.306 e. The number of aliphatic hydroxyl groups excluding tert-OH is 2. The first-order valence-corrected chi connectivity index (χ1v) is 3.47. The molecule has 76 valence electrons. The fourth-order valence-corrected chi connectivity index (χ4v) is 0.938. The summed E-state index contributed by atoms with van der Waals surface area (Å²) in [5.74, 6) is 0. The van der Waals surface area contributed by atoms with E-state index in [0.29, 0.717) is 0 Å². The monoisotopic (exact) mass is 194 g/mol. The van der Waals surface area contributed by atoms with Crippen LogP contribution in [0.5, 0.6) is 0 Å². The van der Waals surface area contributed by atoms with Crippen LogP contribution in [0.15, 0.2) is 0 Å². The van der Waals surface area contributed by atoms with Crippen LogP contribution in [-0.2, 0) is 0 Å². The van der Waals surface area contributed by atoms with Crippen LogP contribution in [0.25, 0.3) is 0 Å². The van der Waals surface area contributed by atoms with E-state index in [1.807, 2.05) is 0 Å². The van der Waals surface area contributed by atoms with E-state index in [-0.39, 0.29) is 0 Å². The fraction of sp³-hybridized carbons (Fsp3) is 1.00. The van der Waals surface area contributed by atoms with Gasteiger partial charge in [0, 0.05) is 9.85 Å². The Morgan fingerprint density at radius 2 is 1.77 bits per heavy atom. The Balaban J connectivity index is 4.69. The highest BCUT2D eigenvalue weighted by molar-refractivity contribution is 4.72. The average molecular weight is 194 g/mol. The van der Waals surface area contributed by atoms with Crippen LogP contribution in [0.2, 0.25) is 0 Å². The maximum atomic E-state index is 10.3. The Labute approximate surface area is 73.1 Å². The van der Waals surface area contributed by atoms with Gasteiger partial charge in [0.1, 0.15) is 12.7 Å². The molecule has 0 aromatic heterocycles. The first kappa shape index (κ1) is 11.7. The van der Waals surface area contributed by atoms with Crippen molar-refractivity contribution in [2.75, 3.05) is 6.61 Å². The highest BCUT2D eigenvalue weighted by Crippen LogP contribution is 2.06. The molecule has 0 saturated heterocycles. The molecule has 0 rings (SSSR count). The second-order valence-corrected chi connectivity index (χ2v) is 2.55. The Bertz CT molecular complexity index is 205. The summed E-state index contributed by atoms with van der Waals surface area (Å²) in [6, 6.07) is -3.55. The SMILES string of the molecule is CC(O)C(C(CO)[N+](=O)[O-])[N+](=O)[O-]. The van der Waals surface area contributed by atoms with Crippen molar-refractivity contribution in [2.24, 2.45) is 0 Å². The first-order chi connectivity index (χ1) is 5.91. The number of hydrogen-bond acceptors (Lipinski definition) is 6. The van der Waals surface area contributed by atoms with E-state index in [9.17, 15) is 20.2 Å². The van der Waals surface area contributed by atoms with Gasteiger partial charge >= 0.3 is 12.1 Å². The van der Waals surface area contributed by atoms with Crippen LogP contribution in [0.3, 0.4) is 0 Å². The number of hydrogen-bond donors (Lipinski definition) is 2. The molecule has 0 aromatic rings. The van der Waals surface area contributed by atoms with Gasteiger partial charge in [-0.2, -0.15) is 0 Å². The van der Waals surface area contributed by atoms with Crippen LogP contribution in [0, 0.1) is 20.2 Å². The Morgan fingerprint density at radius 1 is 1.31 bits per heavy atom. The highest BCUT2D eigenvalue weighted by atomic mass is 16.6. The molecule has 2 N–H and O–H groups in total. The quantitative estimate of drug-likeness (QED) is 0.411. The van der Waals surface area contributed by atoms with Crippen LogP contribution in [0.1, 0.15) is 6.92 Å². The van der Waals surface area contributed by atoms with Gasteiger partial charge in [-0.3, -0.25) is 20.2 Å². The van der Waals surface area contributed by atoms with E-state index in [1.165, 1.54) is 0 Å². The van der Waals surface area contributed by atoms with Crippen molar-refractivity contribution in [3.8, 4) is 0 Å². The van der Waals surface area contributed by atoms with Crippen LogP contribution >= 0.6 is 0 Å². The molecular weight excluding hydrogens is 184 g/mol. The lowest BCUT2D eigenvalue weighted by molar-refractivity contribution is -0.625. The third-order valence-electron chi connectivity index (χ3n) is 1.59. The third-order valence-corrected chi connectivity index (χ3v) is 1.59. The van der Waals surface area contributed by atoms with Gasteiger partial charge < -0.3 is 10.2 Å². The summed E-state index contributed by atoms with van der Waals surface area (Å²) in [5.41, 5.74) is 0. The Kier molecular flexibility index (Phi) is 4.21. The Hall–Kier alpha value is -1.28. The molecule has 0 aromatic carbocycles. The molecule has 13 heavy (non-hydrogen) atoms. The lowest BCUT2D eigenvalue weighted by Gasteiger charge is -2.14. The van der Waals surface area contributed by atoms with E-state index < -0.39 is 34.6 Å². The zero-order chi connectivity index (χ0) is 10.6. The molecule has 0 amide bonds. The van der Waals surface area contributed by atoms with Gasteiger partial charge in [-0.1, -0.05) is 0 Å². The van der Waals surface area contributed by atoms with Crippen molar-refractivity contribution in [1.29, 1.82) is 0 Å². The summed E-state index contributed by atoms with van der Waals surface area (Å²) in [6.45, 7) is 0.100. The van der Waals surface area contributed by atoms with Gasteiger partial charge in [-0.15, -0.1) is 0 Å². The minimum atomic E-state index is -1.78. The molecule has 0 aliphatic rings. The van der Waals surface area contributed by atoms with Crippen molar-refractivity contribution >= 4 is 0 Å². The summed E-state index contributed by atoms with van der Waals surface area (Å²) >= 11 is 0. The van der Waals surface area contributed by atoms with E-state index in [0.717, 1.165) is 6.92 Å². The highest BCUT2D eigenvalue weighted by Gasteiger charge is 2.44. The zero-order valence-corrected chi connectivity index (χ0v) is 6.86. The minimum Gasteiger partial charge on any atom is -0.389 e. The van der Waals surface area contributed by atoms with Gasteiger partial charge in [0.15, 0.2) is 0 Å². The topological polar surface area (TPSA) is 127 Å². The lowest BCUT2D eigenvalue weighted by Crippen LogP contribution is -2.48. The minimum absolute atomic E-state index is 0.964. The average Bonchev–Trinajstić information content (AvgIpc) is 1.97. The number of nitro groups is 2. The standard InChI is InChI=1S/C5H10N2O6/c1-3(9)5(7(12)13)4(2-8)6(10)11/h3-5,8-9H,2H2,1H3. The van der Waals surface area contributed by atoms with Gasteiger partial charge in [0.05, 0.1) is 0 Å². The fourth-order valence-electron chi connectivity index (χ4n) is 0.938.